The molecular weight excluding hydrogens is 184 g/mol. The summed E-state index contributed by atoms with van der Waals surface area (Å²) in [6, 6.07) is 14.7. The normalized spacial score (nSPS) is 10.7. The molecular formula is C13H10N2. The van der Waals surface area contributed by atoms with Gasteiger partial charge in [-0.2, -0.15) is 0 Å². The van der Waals surface area contributed by atoms with Crippen molar-refractivity contribution in [1.29, 1.82) is 0 Å². The molecule has 3 aromatic rings. The standard InChI is InChI=1S/C13H10N2/c1-2-6-12-11(4-1)5-3-7-13(12)15-9-8-14-10-15/h1-10H. The maximum Gasteiger partial charge on any atom is 0.0991 e. The van der Waals surface area contributed by atoms with E-state index in [1.165, 1.54) is 16.5 Å². The predicted molar refractivity (Wildman–Crippen MR) is 61.1 cm³/mol. The van der Waals surface area contributed by atoms with Gasteiger partial charge in [0, 0.05) is 17.8 Å². The van der Waals surface area contributed by atoms with Gasteiger partial charge in [0.25, 0.3) is 0 Å². The van der Waals surface area contributed by atoms with Crippen LogP contribution in [0.4, 0.5) is 0 Å². The first-order chi connectivity index (χ1) is 7.45. The van der Waals surface area contributed by atoms with Crippen molar-refractivity contribution in [2.45, 2.75) is 0 Å². The summed E-state index contributed by atoms with van der Waals surface area (Å²) in [4.78, 5) is 4.07. The summed E-state index contributed by atoms with van der Waals surface area (Å²) in [7, 11) is 0. The summed E-state index contributed by atoms with van der Waals surface area (Å²) in [5, 5.41) is 2.50. The van der Waals surface area contributed by atoms with E-state index in [1.807, 2.05) is 17.1 Å². The fourth-order valence-electron chi connectivity index (χ4n) is 1.84. The maximum atomic E-state index is 4.07. The van der Waals surface area contributed by atoms with Crippen LogP contribution in [0, 0.1) is 0 Å². The molecule has 0 aliphatic carbocycles. The van der Waals surface area contributed by atoms with Gasteiger partial charge >= 0.3 is 0 Å². The van der Waals surface area contributed by atoms with Crippen molar-refractivity contribution in [1.82, 2.24) is 9.55 Å². The van der Waals surface area contributed by atoms with Crippen LogP contribution in [0.25, 0.3) is 16.5 Å². The average molecular weight is 194 g/mol. The SMILES string of the molecule is c1ccc2c(-n3ccnc3)cccc2c1. The number of rotatable bonds is 1. The second-order valence-corrected chi connectivity index (χ2v) is 3.47. The smallest absolute Gasteiger partial charge is 0.0991 e. The van der Waals surface area contributed by atoms with Crippen LogP contribution in [0.5, 0.6) is 0 Å². The maximum absolute atomic E-state index is 4.07. The van der Waals surface area contributed by atoms with Crippen molar-refractivity contribution in [3.05, 3.63) is 61.2 Å². The molecule has 2 nitrogen and oxygen atoms in total. The van der Waals surface area contributed by atoms with Crippen LogP contribution in [0.15, 0.2) is 61.2 Å². The summed E-state index contributed by atoms with van der Waals surface area (Å²) < 4.78 is 2.03. The van der Waals surface area contributed by atoms with Gasteiger partial charge in [-0.1, -0.05) is 36.4 Å². The molecule has 1 heterocycles. The Morgan fingerprint density at radius 1 is 0.933 bits per heavy atom. The number of hydrogen-bond acceptors (Lipinski definition) is 1. The number of imidazole rings is 1. The molecule has 0 bridgehead atoms. The average Bonchev–Trinajstić information content (AvgIpc) is 2.82. The molecule has 2 heteroatoms. The lowest BCUT2D eigenvalue weighted by atomic mass is 10.1. The van der Waals surface area contributed by atoms with Crippen LogP contribution in [0.1, 0.15) is 0 Å². The molecule has 2 aromatic carbocycles. The number of hydrogen-bond donors (Lipinski definition) is 0. The molecule has 1 aromatic heterocycles. The molecule has 0 fully saturated rings. The minimum Gasteiger partial charge on any atom is -0.306 e. The van der Waals surface area contributed by atoms with Crippen LogP contribution in [0.3, 0.4) is 0 Å². The molecule has 0 N–H and O–H groups in total. The number of aromatic nitrogens is 2. The topological polar surface area (TPSA) is 17.8 Å². The fraction of sp³-hybridized carbons (Fsp3) is 0. The van der Waals surface area contributed by atoms with E-state index in [-0.39, 0.29) is 0 Å². The summed E-state index contributed by atoms with van der Waals surface area (Å²) in [5.41, 5.74) is 1.17. The van der Waals surface area contributed by atoms with Gasteiger partial charge in [-0.05, 0) is 11.5 Å². The van der Waals surface area contributed by atoms with E-state index in [2.05, 4.69) is 47.4 Å². The molecule has 3 rings (SSSR count). The van der Waals surface area contributed by atoms with Crippen molar-refractivity contribution >= 4 is 10.8 Å². The van der Waals surface area contributed by atoms with Crippen LogP contribution in [0.2, 0.25) is 0 Å². The molecule has 0 unspecified atom stereocenters. The Labute approximate surface area is 87.8 Å². The third kappa shape index (κ3) is 1.31. The Morgan fingerprint density at radius 2 is 1.80 bits per heavy atom. The van der Waals surface area contributed by atoms with Crippen molar-refractivity contribution in [3.63, 3.8) is 0 Å². The van der Waals surface area contributed by atoms with E-state index in [1.54, 1.807) is 6.20 Å². The van der Waals surface area contributed by atoms with Crippen molar-refractivity contribution in [2.75, 3.05) is 0 Å². The van der Waals surface area contributed by atoms with Gasteiger partial charge < -0.3 is 4.57 Å². The van der Waals surface area contributed by atoms with Gasteiger partial charge in [0.1, 0.15) is 0 Å². The summed E-state index contributed by atoms with van der Waals surface area (Å²) in [6.07, 6.45) is 5.57. The molecule has 0 spiro atoms. The van der Waals surface area contributed by atoms with E-state index in [9.17, 15) is 0 Å². The molecule has 72 valence electrons. The first kappa shape index (κ1) is 8.24. The molecule has 0 saturated heterocycles. The van der Waals surface area contributed by atoms with Gasteiger partial charge in [-0.25, -0.2) is 4.98 Å². The lowest BCUT2D eigenvalue weighted by Gasteiger charge is -2.06. The third-order valence-electron chi connectivity index (χ3n) is 2.55. The number of benzene rings is 2. The second kappa shape index (κ2) is 3.24. The molecule has 15 heavy (non-hydrogen) atoms. The zero-order valence-corrected chi connectivity index (χ0v) is 8.17. The van der Waals surface area contributed by atoms with Gasteiger partial charge in [-0.15, -0.1) is 0 Å². The minimum atomic E-state index is 1.17. The van der Waals surface area contributed by atoms with E-state index < -0.39 is 0 Å². The minimum absolute atomic E-state index is 1.17. The Morgan fingerprint density at radius 3 is 2.67 bits per heavy atom. The summed E-state index contributed by atoms with van der Waals surface area (Å²) >= 11 is 0. The molecule has 0 radical (unpaired) electrons. The van der Waals surface area contributed by atoms with E-state index in [0.717, 1.165) is 0 Å². The summed E-state index contributed by atoms with van der Waals surface area (Å²) in [5.74, 6) is 0. The molecule has 0 amide bonds. The highest BCUT2D eigenvalue weighted by Crippen LogP contribution is 2.21. The fourth-order valence-corrected chi connectivity index (χ4v) is 1.84. The lowest BCUT2D eigenvalue weighted by Crippen LogP contribution is -1.90. The Bertz CT molecular complexity index is 577. The Balaban J connectivity index is 2.36. The monoisotopic (exact) mass is 194 g/mol. The van der Waals surface area contributed by atoms with Crippen LogP contribution >= 0.6 is 0 Å². The number of fused-ring (bicyclic) bond motifs is 1. The first-order valence-electron chi connectivity index (χ1n) is 4.91. The zero-order chi connectivity index (χ0) is 10.1. The Kier molecular flexibility index (Phi) is 1.78. The van der Waals surface area contributed by atoms with Gasteiger partial charge in [0.05, 0.1) is 12.0 Å². The molecule has 0 aliphatic rings. The van der Waals surface area contributed by atoms with E-state index in [4.69, 9.17) is 0 Å². The second-order valence-electron chi connectivity index (χ2n) is 3.47. The van der Waals surface area contributed by atoms with Gasteiger partial charge in [0.15, 0.2) is 0 Å². The van der Waals surface area contributed by atoms with Gasteiger partial charge in [-0.3, -0.25) is 0 Å². The third-order valence-corrected chi connectivity index (χ3v) is 2.55. The van der Waals surface area contributed by atoms with Crippen LogP contribution < -0.4 is 0 Å². The largest absolute Gasteiger partial charge is 0.306 e. The van der Waals surface area contributed by atoms with E-state index in [0.29, 0.717) is 0 Å². The lowest BCUT2D eigenvalue weighted by molar-refractivity contribution is 1.07. The predicted octanol–water partition coefficient (Wildman–Crippen LogP) is 3.03. The zero-order valence-electron chi connectivity index (χ0n) is 8.17. The summed E-state index contributed by atoms with van der Waals surface area (Å²) in [6.45, 7) is 0. The highest BCUT2D eigenvalue weighted by atomic mass is 15.0. The highest BCUT2D eigenvalue weighted by molar-refractivity contribution is 5.90. The van der Waals surface area contributed by atoms with Crippen LogP contribution in [-0.2, 0) is 0 Å². The van der Waals surface area contributed by atoms with Gasteiger partial charge in [0.2, 0.25) is 0 Å². The van der Waals surface area contributed by atoms with Crippen molar-refractivity contribution in [3.8, 4) is 5.69 Å². The first-order valence-corrected chi connectivity index (χ1v) is 4.91. The van der Waals surface area contributed by atoms with Crippen molar-refractivity contribution < 1.29 is 0 Å². The number of nitrogens with zero attached hydrogens (tertiary/aromatic N) is 2. The Hall–Kier alpha value is -2.09. The molecule has 0 aliphatic heterocycles. The van der Waals surface area contributed by atoms with E-state index >= 15 is 0 Å². The quantitative estimate of drug-likeness (QED) is 0.582. The van der Waals surface area contributed by atoms with Crippen molar-refractivity contribution in [2.24, 2.45) is 0 Å². The molecule has 0 saturated carbocycles. The van der Waals surface area contributed by atoms with Crippen LogP contribution in [-0.4, -0.2) is 9.55 Å². The molecule has 0 atom stereocenters. The highest BCUT2D eigenvalue weighted by Gasteiger charge is 2.00.